The van der Waals surface area contributed by atoms with Crippen LogP contribution in [0.3, 0.4) is 0 Å². The number of halogens is 8. The molecule has 4 heterocycles. The van der Waals surface area contributed by atoms with Crippen molar-refractivity contribution in [3.8, 4) is 5.75 Å². The number of carbonyl (C=O) groups excluding carboxylic acids is 3. The van der Waals surface area contributed by atoms with Crippen LogP contribution in [0, 0.1) is 11.7 Å². The second-order valence-electron chi connectivity index (χ2n) is 12.2. The number of Topliss-reactive ketones (excluding diaryl/α,β-unsaturated/α-hetero) is 2. The van der Waals surface area contributed by atoms with Gasteiger partial charge in [-0.2, -0.15) is 31.3 Å². The van der Waals surface area contributed by atoms with E-state index in [4.69, 9.17) is 16.3 Å². The molecule has 6 bridgehead atoms. The standard InChI is InChI=1S/C31H31ClFN7O2.C4F6O2/c32-27-19-35-30-37-26-15-21(17-34-18-26)1-2-22-16-25(36-29(27)39-30)7-8-28(22)42-14-11-20-9-12-40(13-10-20)31(41)38-24-5-3-23(33)4-6-24;5-3(6,7)1(11)2(12)4(8,9)10/h3-8,15-20H,1-2,9-14H2,(H,38,41)(H2,35,36,37,39);. The van der Waals surface area contributed by atoms with E-state index in [9.17, 15) is 45.1 Å². The van der Waals surface area contributed by atoms with Crippen molar-refractivity contribution in [2.24, 2.45) is 5.92 Å². The number of urea groups is 1. The van der Waals surface area contributed by atoms with E-state index in [2.05, 4.69) is 37.0 Å². The summed E-state index contributed by atoms with van der Waals surface area (Å²) < 4.78 is 86.4. The number of ether oxygens (including phenoxy) is 1. The third-order valence-corrected chi connectivity index (χ3v) is 8.58. The highest BCUT2D eigenvalue weighted by molar-refractivity contribution is 6.41. The summed E-state index contributed by atoms with van der Waals surface area (Å²) in [5.41, 5.74) is 4.43. The summed E-state index contributed by atoms with van der Waals surface area (Å²) in [6.45, 7) is 1.95. The van der Waals surface area contributed by atoms with Crippen molar-refractivity contribution in [3.63, 3.8) is 0 Å². The van der Waals surface area contributed by atoms with Gasteiger partial charge in [0.2, 0.25) is 5.95 Å². The van der Waals surface area contributed by atoms with Gasteiger partial charge in [0.1, 0.15) is 16.6 Å². The maximum Gasteiger partial charge on any atom is 0.458 e. The Hall–Kier alpha value is -5.52. The number of rotatable bonds is 6. The molecule has 0 unspecified atom stereocenters. The Bertz CT molecular complexity index is 1950. The topological polar surface area (TPSA) is 138 Å². The Morgan fingerprint density at radius 3 is 2.22 bits per heavy atom. The van der Waals surface area contributed by atoms with Crippen LogP contribution < -0.4 is 20.7 Å². The number of pyridine rings is 1. The summed E-state index contributed by atoms with van der Waals surface area (Å²) in [6, 6.07) is 13.7. The van der Waals surface area contributed by atoms with Gasteiger partial charge in [-0.15, -0.1) is 0 Å². The van der Waals surface area contributed by atoms with Gasteiger partial charge in [-0.3, -0.25) is 14.6 Å². The van der Waals surface area contributed by atoms with Crippen molar-refractivity contribution < 1.29 is 49.9 Å². The predicted octanol–water partition coefficient (Wildman–Crippen LogP) is 8.21. The average molecular weight is 782 g/mol. The summed E-state index contributed by atoms with van der Waals surface area (Å²) in [7, 11) is 0. The second-order valence-corrected chi connectivity index (χ2v) is 12.6. The SMILES string of the molecule is O=C(C(=O)C(F)(F)F)C(F)(F)F.O=C(Nc1ccc(F)cc1)N1CCC(CCOc2ccc3cc2CCc2cncc(c2)Nc2ncc(Cl)c(n2)N3)CC1. The lowest BCUT2D eigenvalue weighted by atomic mass is 9.94. The van der Waals surface area contributed by atoms with Crippen LogP contribution >= 0.6 is 11.6 Å². The average Bonchev–Trinajstić information content (AvgIpc) is 3.13. The first kappa shape index (κ1) is 39.7. The second kappa shape index (κ2) is 17.1. The molecule has 4 aromatic rings. The molecule has 0 aliphatic carbocycles. The molecule has 286 valence electrons. The molecular weight excluding hydrogens is 751 g/mol. The van der Waals surface area contributed by atoms with Crippen LogP contribution in [0.4, 0.5) is 64.4 Å². The summed E-state index contributed by atoms with van der Waals surface area (Å²) in [6.07, 6.45) is -2.07. The molecule has 54 heavy (non-hydrogen) atoms. The number of carbonyl (C=O) groups is 3. The van der Waals surface area contributed by atoms with Gasteiger partial charge in [-0.1, -0.05) is 11.6 Å². The molecule has 2 aromatic heterocycles. The highest BCUT2D eigenvalue weighted by Gasteiger charge is 2.54. The smallest absolute Gasteiger partial charge is 0.458 e. The number of piperidine rings is 1. The molecule has 0 atom stereocenters. The van der Waals surface area contributed by atoms with Crippen molar-refractivity contribution in [1.82, 2.24) is 19.9 Å². The molecule has 2 aromatic carbocycles. The molecule has 2 aliphatic heterocycles. The van der Waals surface area contributed by atoms with Crippen molar-refractivity contribution >= 4 is 58.0 Å². The van der Waals surface area contributed by atoms with Crippen LogP contribution in [0.2, 0.25) is 5.02 Å². The number of aromatic nitrogens is 3. The molecule has 0 spiro atoms. The van der Waals surface area contributed by atoms with E-state index >= 15 is 0 Å². The fourth-order valence-electron chi connectivity index (χ4n) is 5.50. The zero-order valence-corrected chi connectivity index (χ0v) is 28.8. The Balaban J connectivity index is 0.000000404. The van der Waals surface area contributed by atoms with Gasteiger partial charge in [0.25, 0.3) is 0 Å². The largest absolute Gasteiger partial charge is 0.493 e. The van der Waals surface area contributed by atoms with Gasteiger partial charge in [-0.25, -0.2) is 14.2 Å². The maximum atomic E-state index is 13.1. The number of fused-ring (bicyclic) bond motifs is 6. The number of aryl methyl sites for hydroxylation is 2. The molecule has 6 rings (SSSR count). The Morgan fingerprint density at radius 1 is 0.870 bits per heavy atom. The van der Waals surface area contributed by atoms with Crippen molar-refractivity contribution in [3.05, 3.63) is 89.1 Å². The van der Waals surface area contributed by atoms with Gasteiger partial charge in [0, 0.05) is 30.7 Å². The van der Waals surface area contributed by atoms with Crippen molar-refractivity contribution in [1.29, 1.82) is 0 Å². The zero-order chi connectivity index (χ0) is 39.0. The number of anilines is 5. The third kappa shape index (κ3) is 11.0. The summed E-state index contributed by atoms with van der Waals surface area (Å²) in [5.74, 6) is -4.88. The molecule has 1 fully saturated rings. The molecule has 19 heteroatoms. The minimum Gasteiger partial charge on any atom is -0.493 e. The van der Waals surface area contributed by atoms with Crippen LogP contribution in [0.25, 0.3) is 0 Å². The number of nitrogens with zero attached hydrogens (tertiary/aromatic N) is 4. The van der Waals surface area contributed by atoms with Crippen molar-refractivity contribution in [2.75, 3.05) is 35.6 Å². The number of amides is 2. The lowest BCUT2D eigenvalue weighted by molar-refractivity contribution is -0.193. The van der Waals surface area contributed by atoms with Crippen molar-refractivity contribution in [2.45, 2.75) is 44.5 Å². The van der Waals surface area contributed by atoms with Gasteiger partial charge < -0.3 is 25.6 Å². The monoisotopic (exact) mass is 781 g/mol. The first-order valence-electron chi connectivity index (χ1n) is 16.4. The Labute approximate surface area is 308 Å². The quantitative estimate of drug-likeness (QED) is 0.131. The summed E-state index contributed by atoms with van der Waals surface area (Å²) in [5, 5.41) is 9.78. The lowest BCUT2D eigenvalue weighted by Gasteiger charge is -2.32. The molecule has 11 nitrogen and oxygen atoms in total. The van der Waals surface area contributed by atoms with Crippen LogP contribution in [0.5, 0.6) is 5.75 Å². The number of hydrogen-bond acceptors (Lipinski definition) is 9. The number of hydrogen-bond donors (Lipinski definition) is 3. The molecule has 3 N–H and O–H groups in total. The van der Waals surface area contributed by atoms with E-state index in [1.54, 1.807) is 24.5 Å². The molecule has 2 aliphatic rings. The van der Waals surface area contributed by atoms with E-state index in [0.29, 0.717) is 48.1 Å². The Kier molecular flexibility index (Phi) is 12.6. The van der Waals surface area contributed by atoms with E-state index in [1.165, 1.54) is 12.1 Å². The van der Waals surface area contributed by atoms with Gasteiger partial charge >= 0.3 is 30.0 Å². The van der Waals surface area contributed by atoms with Crippen LogP contribution in [0.15, 0.2) is 67.1 Å². The Morgan fingerprint density at radius 2 is 1.56 bits per heavy atom. The number of likely N-dealkylation sites (tertiary alicyclic amines) is 1. The number of nitrogens with one attached hydrogen (secondary N) is 3. The summed E-state index contributed by atoms with van der Waals surface area (Å²) >= 11 is 6.38. The van der Waals surface area contributed by atoms with Gasteiger partial charge in [0.05, 0.1) is 24.7 Å². The van der Waals surface area contributed by atoms with Crippen LogP contribution in [0.1, 0.15) is 30.4 Å². The zero-order valence-electron chi connectivity index (χ0n) is 28.0. The highest BCUT2D eigenvalue weighted by Crippen LogP contribution is 2.31. The minimum absolute atomic E-state index is 0.152. The maximum absolute atomic E-state index is 13.1. The van der Waals surface area contributed by atoms with Crippen LogP contribution in [-0.2, 0) is 22.4 Å². The third-order valence-electron chi connectivity index (χ3n) is 8.30. The normalized spacial score (nSPS) is 14.4. The van der Waals surface area contributed by atoms with E-state index < -0.39 is 23.9 Å². The lowest BCUT2D eigenvalue weighted by Crippen LogP contribution is -2.41. The molecule has 1 saturated heterocycles. The van der Waals surface area contributed by atoms with E-state index in [0.717, 1.165) is 60.4 Å². The molecular formula is C35H31ClF7N7O4. The fourth-order valence-corrected chi connectivity index (χ4v) is 5.64. The highest BCUT2D eigenvalue weighted by atomic mass is 35.5. The first-order valence-corrected chi connectivity index (χ1v) is 16.7. The van der Waals surface area contributed by atoms with Gasteiger partial charge in [-0.05, 0) is 97.7 Å². The number of ketones is 2. The molecule has 0 saturated carbocycles. The number of benzene rings is 2. The molecule has 2 amide bonds. The summed E-state index contributed by atoms with van der Waals surface area (Å²) in [4.78, 5) is 46.9. The predicted molar refractivity (Wildman–Crippen MR) is 184 cm³/mol. The van der Waals surface area contributed by atoms with Crippen LogP contribution in [-0.4, -0.2) is 69.5 Å². The van der Waals surface area contributed by atoms with E-state index in [-0.39, 0.29) is 11.8 Å². The minimum atomic E-state index is -5.77. The fraction of sp³-hybridized carbons (Fsp3) is 0.314. The molecule has 0 radical (unpaired) electrons. The van der Waals surface area contributed by atoms with E-state index in [1.807, 2.05) is 29.3 Å². The first-order chi connectivity index (χ1) is 25.5. The number of alkyl halides is 6. The van der Waals surface area contributed by atoms with Gasteiger partial charge in [0.15, 0.2) is 5.82 Å².